The standard InChI is InChI=1S/C31H29ClN4OS/c1-19-7-6-9-26(20(19)2)33-30(38)28-27(21-10-14-23(32)15-11-21)25-8-4-5-18-35-29(34-36(28)31(25)35)22-12-16-24(37-3)17-13-22/h6-7,9-17H,4-5,8,18H2,1-3H3,(H,33,38). The van der Waals surface area contributed by atoms with Crippen LogP contribution in [-0.4, -0.2) is 26.3 Å². The quantitative estimate of drug-likeness (QED) is 0.230. The van der Waals surface area contributed by atoms with E-state index >= 15 is 0 Å². The van der Waals surface area contributed by atoms with Crippen molar-refractivity contribution < 1.29 is 4.74 Å². The van der Waals surface area contributed by atoms with E-state index in [1.807, 2.05) is 24.3 Å². The highest BCUT2D eigenvalue weighted by Gasteiger charge is 2.29. The van der Waals surface area contributed by atoms with Gasteiger partial charge in [0, 0.05) is 33.9 Å². The van der Waals surface area contributed by atoms with E-state index in [0.29, 0.717) is 10.0 Å². The van der Waals surface area contributed by atoms with Crippen molar-refractivity contribution in [3.63, 3.8) is 0 Å². The van der Waals surface area contributed by atoms with Crippen LogP contribution in [0.3, 0.4) is 0 Å². The van der Waals surface area contributed by atoms with Crippen molar-refractivity contribution in [1.82, 2.24) is 14.2 Å². The molecule has 0 saturated carbocycles. The van der Waals surface area contributed by atoms with Crippen LogP contribution in [0.25, 0.3) is 28.2 Å². The van der Waals surface area contributed by atoms with E-state index in [9.17, 15) is 0 Å². The number of nitrogens with one attached hydrogen (secondary N) is 1. The predicted molar refractivity (Wildman–Crippen MR) is 160 cm³/mol. The lowest BCUT2D eigenvalue weighted by molar-refractivity contribution is 0.415. The molecule has 0 aliphatic carbocycles. The zero-order valence-electron chi connectivity index (χ0n) is 21.7. The van der Waals surface area contributed by atoms with Gasteiger partial charge < -0.3 is 14.6 Å². The zero-order chi connectivity index (χ0) is 26.4. The van der Waals surface area contributed by atoms with Gasteiger partial charge in [0.1, 0.15) is 22.1 Å². The summed E-state index contributed by atoms with van der Waals surface area (Å²) in [5.41, 5.74) is 9.97. The molecule has 0 amide bonds. The molecule has 1 aliphatic heterocycles. The van der Waals surface area contributed by atoms with E-state index in [-0.39, 0.29) is 0 Å². The third-order valence-electron chi connectivity index (χ3n) is 7.53. The van der Waals surface area contributed by atoms with Crippen molar-refractivity contribution in [3.8, 4) is 28.3 Å². The average molecular weight is 541 g/mol. The summed E-state index contributed by atoms with van der Waals surface area (Å²) in [6.07, 6.45) is 3.15. The SMILES string of the molecule is COc1ccc(-c2nn3c(C(=S)Nc4cccc(C)c4C)c(-c4ccc(Cl)cc4)c4c3n2CCCC4)cc1. The molecule has 0 spiro atoms. The van der Waals surface area contributed by atoms with Crippen molar-refractivity contribution in [2.75, 3.05) is 12.4 Å². The summed E-state index contributed by atoms with van der Waals surface area (Å²) in [5, 5.41) is 9.47. The van der Waals surface area contributed by atoms with Gasteiger partial charge in [-0.2, -0.15) is 0 Å². The Morgan fingerprint density at radius 1 is 0.974 bits per heavy atom. The van der Waals surface area contributed by atoms with Crippen LogP contribution in [0, 0.1) is 13.8 Å². The third kappa shape index (κ3) is 4.18. The van der Waals surface area contributed by atoms with Gasteiger partial charge in [0.2, 0.25) is 0 Å². The average Bonchev–Trinajstić information content (AvgIpc) is 3.34. The molecule has 5 nitrogen and oxygen atoms in total. The molecule has 0 radical (unpaired) electrons. The Labute approximate surface area is 233 Å². The number of methoxy groups -OCH3 is 1. The number of hydrogen-bond acceptors (Lipinski definition) is 3. The Balaban J connectivity index is 1.59. The lowest BCUT2D eigenvalue weighted by Gasteiger charge is -2.14. The first kappa shape index (κ1) is 24.7. The van der Waals surface area contributed by atoms with Crippen LogP contribution in [0.5, 0.6) is 5.75 Å². The van der Waals surface area contributed by atoms with Gasteiger partial charge in [-0.15, -0.1) is 5.10 Å². The first-order valence-electron chi connectivity index (χ1n) is 12.9. The topological polar surface area (TPSA) is 43.5 Å². The van der Waals surface area contributed by atoms with E-state index in [0.717, 1.165) is 71.1 Å². The van der Waals surface area contributed by atoms with Gasteiger partial charge in [-0.05, 0) is 92.3 Å². The van der Waals surface area contributed by atoms with Gasteiger partial charge in [0.05, 0.1) is 7.11 Å². The highest BCUT2D eigenvalue weighted by molar-refractivity contribution is 7.81. The summed E-state index contributed by atoms with van der Waals surface area (Å²) in [6.45, 7) is 5.14. The molecule has 0 bridgehead atoms. The monoisotopic (exact) mass is 540 g/mol. The molecule has 2 aromatic heterocycles. The summed E-state index contributed by atoms with van der Waals surface area (Å²) >= 11 is 12.4. The van der Waals surface area contributed by atoms with Gasteiger partial charge in [0.25, 0.3) is 0 Å². The first-order valence-corrected chi connectivity index (χ1v) is 13.7. The molecular formula is C31H29ClN4OS. The van der Waals surface area contributed by atoms with Crippen molar-refractivity contribution in [2.24, 2.45) is 0 Å². The molecular weight excluding hydrogens is 512 g/mol. The minimum atomic E-state index is 0.649. The lowest BCUT2D eigenvalue weighted by atomic mass is 9.98. The highest BCUT2D eigenvalue weighted by atomic mass is 35.5. The third-order valence-corrected chi connectivity index (χ3v) is 8.08. The molecule has 192 valence electrons. The number of aryl methyl sites for hydroxylation is 3. The largest absolute Gasteiger partial charge is 0.497 e. The maximum absolute atomic E-state index is 6.28. The fourth-order valence-electron chi connectivity index (χ4n) is 5.40. The number of aromatic nitrogens is 3. The van der Waals surface area contributed by atoms with Crippen LogP contribution in [-0.2, 0) is 13.0 Å². The molecule has 3 heterocycles. The molecule has 0 saturated heterocycles. The van der Waals surface area contributed by atoms with E-state index < -0.39 is 0 Å². The molecule has 38 heavy (non-hydrogen) atoms. The van der Waals surface area contributed by atoms with Crippen LogP contribution in [0.4, 0.5) is 5.69 Å². The summed E-state index contributed by atoms with van der Waals surface area (Å²) in [7, 11) is 1.68. The van der Waals surface area contributed by atoms with Crippen molar-refractivity contribution in [3.05, 3.63) is 94.1 Å². The van der Waals surface area contributed by atoms with Crippen molar-refractivity contribution in [2.45, 2.75) is 39.7 Å². The number of halogens is 1. The van der Waals surface area contributed by atoms with Crippen LogP contribution in [0.15, 0.2) is 66.7 Å². The minimum Gasteiger partial charge on any atom is -0.497 e. The normalized spacial score (nSPS) is 12.9. The van der Waals surface area contributed by atoms with E-state index in [2.05, 4.69) is 70.7 Å². The Morgan fingerprint density at radius 3 is 2.45 bits per heavy atom. The Hall–Kier alpha value is -3.61. The second-order valence-corrected chi connectivity index (χ2v) is 10.7. The Bertz CT molecular complexity index is 1670. The number of nitrogens with zero attached hydrogens (tertiary/aromatic N) is 3. The smallest absolute Gasteiger partial charge is 0.162 e. The molecule has 0 fully saturated rings. The van der Waals surface area contributed by atoms with Crippen LogP contribution < -0.4 is 10.1 Å². The highest BCUT2D eigenvalue weighted by Crippen LogP contribution is 2.39. The Kier molecular flexibility index (Phi) is 6.46. The molecule has 0 unspecified atom stereocenters. The fraction of sp³-hybridized carbons (Fsp3) is 0.226. The summed E-state index contributed by atoms with van der Waals surface area (Å²) < 4.78 is 9.80. The number of thiocarbonyl (C=S) groups is 1. The van der Waals surface area contributed by atoms with Gasteiger partial charge in [-0.1, -0.05) is 48.1 Å². The number of rotatable bonds is 5. The molecule has 6 rings (SSSR count). The minimum absolute atomic E-state index is 0.649. The van der Waals surface area contributed by atoms with Crippen LogP contribution in [0.1, 0.15) is 35.2 Å². The molecule has 5 aromatic rings. The van der Waals surface area contributed by atoms with E-state index in [4.69, 9.17) is 33.7 Å². The molecule has 1 aliphatic rings. The summed E-state index contributed by atoms with van der Waals surface area (Å²) in [6, 6.07) is 22.4. The molecule has 1 N–H and O–H groups in total. The molecule has 7 heteroatoms. The van der Waals surface area contributed by atoms with Gasteiger partial charge in [-0.3, -0.25) is 0 Å². The number of anilines is 1. The van der Waals surface area contributed by atoms with E-state index in [1.54, 1.807) is 7.11 Å². The zero-order valence-corrected chi connectivity index (χ0v) is 23.3. The first-order chi connectivity index (χ1) is 18.5. The van der Waals surface area contributed by atoms with Gasteiger partial charge >= 0.3 is 0 Å². The summed E-state index contributed by atoms with van der Waals surface area (Å²) in [4.78, 5) is 0.649. The fourth-order valence-corrected chi connectivity index (χ4v) is 5.82. The number of benzene rings is 3. The molecule has 3 aromatic carbocycles. The van der Waals surface area contributed by atoms with Gasteiger partial charge in [0.15, 0.2) is 5.82 Å². The van der Waals surface area contributed by atoms with Crippen LogP contribution >= 0.6 is 23.8 Å². The van der Waals surface area contributed by atoms with Crippen molar-refractivity contribution >= 4 is 40.1 Å². The predicted octanol–water partition coefficient (Wildman–Crippen LogP) is 7.87. The van der Waals surface area contributed by atoms with Crippen molar-refractivity contribution in [1.29, 1.82) is 0 Å². The van der Waals surface area contributed by atoms with E-state index in [1.165, 1.54) is 16.7 Å². The second-order valence-electron chi connectivity index (χ2n) is 9.81. The molecule has 0 atom stereocenters. The summed E-state index contributed by atoms with van der Waals surface area (Å²) in [5.74, 6) is 1.76. The van der Waals surface area contributed by atoms with Crippen LogP contribution in [0.2, 0.25) is 5.02 Å². The number of hydrogen-bond donors (Lipinski definition) is 1. The second kappa shape index (κ2) is 9.93. The maximum atomic E-state index is 6.28. The number of ether oxygens (including phenoxy) is 1. The maximum Gasteiger partial charge on any atom is 0.162 e. The Morgan fingerprint density at radius 2 is 1.71 bits per heavy atom. The lowest BCUT2D eigenvalue weighted by Crippen LogP contribution is -2.15. The van der Waals surface area contributed by atoms with Gasteiger partial charge in [-0.25, -0.2) is 4.52 Å².